The Hall–Kier alpha value is -0.860. The summed E-state index contributed by atoms with van der Waals surface area (Å²) in [4.78, 5) is 10.9. The molecular weight excluding hydrogens is 246 g/mol. The van der Waals surface area contributed by atoms with Crippen molar-refractivity contribution < 1.29 is 17.9 Å². The van der Waals surface area contributed by atoms with Gasteiger partial charge in [0.15, 0.2) is 0 Å². The zero-order valence-electron chi connectivity index (χ0n) is 9.86. The molecule has 1 saturated heterocycles. The first-order chi connectivity index (χ1) is 8.03. The summed E-state index contributed by atoms with van der Waals surface area (Å²) in [6.45, 7) is 3.89. The van der Waals surface area contributed by atoms with E-state index in [1.54, 1.807) is 11.6 Å². The molecule has 0 spiro atoms. The fraction of sp³-hybridized carbons (Fsp3) is 0.889. The summed E-state index contributed by atoms with van der Waals surface area (Å²) in [5.41, 5.74) is 0. The van der Waals surface area contributed by atoms with Crippen LogP contribution < -0.4 is 14.8 Å². The van der Waals surface area contributed by atoms with Crippen molar-refractivity contribution in [1.29, 1.82) is 0 Å². The normalized spacial score (nSPS) is 17.7. The Bertz CT molecular complexity index is 338. The fourth-order valence-corrected chi connectivity index (χ4v) is 2.43. The number of carbonyl (C=O) groups is 1. The zero-order chi connectivity index (χ0) is 12.7. The Morgan fingerprint density at radius 3 is 2.65 bits per heavy atom. The molecule has 0 bridgehead atoms. The van der Waals surface area contributed by atoms with Crippen LogP contribution in [0.1, 0.15) is 19.8 Å². The van der Waals surface area contributed by atoms with Gasteiger partial charge < -0.3 is 10.1 Å². The molecule has 1 rings (SSSR count). The van der Waals surface area contributed by atoms with E-state index in [0.29, 0.717) is 12.5 Å². The third-order valence-electron chi connectivity index (χ3n) is 2.51. The molecule has 0 aromatic heterocycles. The number of nitrogens with one attached hydrogen (secondary N) is 3. The number of rotatable bonds is 5. The van der Waals surface area contributed by atoms with Crippen LogP contribution in [0.2, 0.25) is 0 Å². The molecule has 3 N–H and O–H groups in total. The molecule has 0 aliphatic carbocycles. The van der Waals surface area contributed by atoms with E-state index in [1.807, 2.05) is 0 Å². The first kappa shape index (κ1) is 14.2. The number of carbonyl (C=O) groups excluding carboxylic acids is 1. The molecule has 100 valence electrons. The number of amides is 1. The lowest BCUT2D eigenvalue weighted by atomic mass is 9.99. The summed E-state index contributed by atoms with van der Waals surface area (Å²) in [7, 11) is -3.80. The average molecular weight is 265 g/mol. The zero-order valence-corrected chi connectivity index (χ0v) is 10.7. The van der Waals surface area contributed by atoms with Crippen molar-refractivity contribution in [3.63, 3.8) is 0 Å². The molecule has 8 heteroatoms. The van der Waals surface area contributed by atoms with E-state index < -0.39 is 16.3 Å². The van der Waals surface area contributed by atoms with Gasteiger partial charge in [0.05, 0.1) is 6.61 Å². The molecule has 1 heterocycles. The van der Waals surface area contributed by atoms with Gasteiger partial charge in [-0.05, 0) is 38.8 Å². The van der Waals surface area contributed by atoms with E-state index in [-0.39, 0.29) is 6.61 Å². The Morgan fingerprint density at radius 2 is 2.06 bits per heavy atom. The predicted octanol–water partition coefficient (Wildman–Crippen LogP) is -0.433. The van der Waals surface area contributed by atoms with Crippen LogP contribution in [0.15, 0.2) is 0 Å². The first-order valence-electron chi connectivity index (χ1n) is 5.68. The maximum Gasteiger partial charge on any atom is 0.421 e. The summed E-state index contributed by atoms with van der Waals surface area (Å²) >= 11 is 0. The fourth-order valence-electron chi connectivity index (χ4n) is 1.62. The minimum Gasteiger partial charge on any atom is -0.449 e. The highest BCUT2D eigenvalue weighted by Crippen LogP contribution is 2.09. The van der Waals surface area contributed by atoms with E-state index in [1.165, 1.54) is 0 Å². The van der Waals surface area contributed by atoms with E-state index in [4.69, 9.17) is 0 Å². The van der Waals surface area contributed by atoms with Gasteiger partial charge in [0.25, 0.3) is 0 Å². The highest BCUT2D eigenvalue weighted by molar-refractivity contribution is 7.88. The van der Waals surface area contributed by atoms with Crippen LogP contribution in [0.4, 0.5) is 4.79 Å². The highest BCUT2D eigenvalue weighted by Gasteiger charge is 2.18. The molecule has 1 aliphatic rings. The first-order valence-corrected chi connectivity index (χ1v) is 7.16. The molecular formula is C9H19N3O4S. The summed E-state index contributed by atoms with van der Waals surface area (Å²) in [5, 5.41) is 3.19. The highest BCUT2D eigenvalue weighted by atomic mass is 32.2. The van der Waals surface area contributed by atoms with Crippen LogP contribution in [-0.2, 0) is 14.9 Å². The van der Waals surface area contributed by atoms with Gasteiger partial charge >= 0.3 is 16.3 Å². The summed E-state index contributed by atoms with van der Waals surface area (Å²) in [5.74, 6) is 0.315. The molecule has 1 amide bonds. The molecule has 1 aliphatic heterocycles. The number of piperidine rings is 1. The van der Waals surface area contributed by atoms with Gasteiger partial charge in [-0.3, -0.25) is 0 Å². The van der Waals surface area contributed by atoms with Crippen LogP contribution >= 0.6 is 0 Å². The molecule has 7 nitrogen and oxygen atoms in total. The molecule has 0 aromatic carbocycles. The monoisotopic (exact) mass is 265 g/mol. The lowest BCUT2D eigenvalue weighted by molar-refractivity contribution is 0.158. The molecule has 17 heavy (non-hydrogen) atoms. The smallest absolute Gasteiger partial charge is 0.421 e. The molecule has 0 saturated carbocycles. The van der Waals surface area contributed by atoms with Crippen LogP contribution in [0.3, 0.4) is 0 Å². The second-order valence-electron chi connectivity index (χ2n) is 3.87. The van der Waals surface area contributed by atoms with Crippen molar-refractivity contribution >= 4 is 16.3 Å². The number of hydrogen-bond acceptors (Lipinski definition) is 5. The van der Waals surface area contributed by atoms with Gasteiger partial charge in [-0.25, -0.2) is 9.52 Å². The van der Waals surface area contributed by atoms with Gasteiger partial charge in [0.1, 0.15) is 0 Å². The Balaban J connectivity index is 2.30. The second kappa shape index (κ2) is 6.77. The van der Waals surface area contributed by atoms with Crippen molar-refractivity contribution in [3.8, 4) is 0 Å². The minimum atomic E-state index is -3.80. The predicted molar refractivity (Wildman–Crippen MR) is 62.7 cm³/mol. The lowest BCUT2D eigenvalue weighted by Crippen LogP contribution is -2.43. The van der Waals surface area contributed by atoms with E-state index in [9.17, 15) is 13.2 Å². The minimum absolute atomic E-state index is 0.135. The average Bonchev–Trinajstić information content (AvgIpc) is 2.27. The quantitative estimate of drug-likeness (QED) is 0.626. The van der Waals surface area contributed by atoms with Gasteiger partial charge in [-0.2, -0.15) is 13.1 Å². The van der Waals surface area contributed by atoms with Crippen molar-refractivity contribution in [2.24, 2.45) is 5.92 Å². The van der Waals surface area contributed by atoms with Crippen molar-refractivity contribution in [2.75, 3.05) is 26.2 Å². The van der Waals surface area contributed by atoms with Gasteiger partial charge in [0, 0.05) is 6.54 Å². The number of hydrogen-bond donors (Lipinski definition) is 3. The van der Waals surface area contributed by atoms with E-state index in [0.717, 1.165) is 25.9 Å². The lowest BCUT2D eigenvalue weighted by Gasteiger charge is -2.22. The van der Waals surface area contributed by atoms with E-state index >= 15 is 0 Å². The van der Waals surface area contributed by atoms with Crippen molar-refractivity contribution in [3.05, 3.63) is 0 Å². The second-order valence-corrected chi connectivity index (χ2v) is 5.37. The molecule has 1 fully saturated rings. The van der Waals surface area contributed by atoms with Crippen LogP contribution in [-0.4, -0.2) is 40.8 Å². The Morgan fingerprint density at radius 1 is 1.41 bits per heavy atom. The van der Waals surface area contributed by atoms with E-state index in [2.05, 4.69) is 14.8 Å². The van der Waals surface area contributed by atoms with Crippen LogP contribution in [0, 0.1) is 5.92 Å². The molecule has 0 aromatic rings. The molecule has 0 radical (unpaired) electrons. The van der Waals surface area contributed by atoms with Gasteiger partial charge in [-0.1, -0.05) is 0 Å². The third-order valence-corrected chi connectivity index (χ3v) is 3.50. The molecule has 0 atom stereocenters. The Kier molecular flexibility index (Phi) is 5.66. The standard InChI is InChI=1S/C9H19N3O4S/c1-2-16-9(13)12-17(14,15)11-7-8-3-5-10-6-4-8/h8,10-11H,2-7H2,1H3,(H,12,13). The van der Waals surface area contributed by atoms with Gasteiger partial charge in [-0.15, -0.1) is 0 Å². The van der Waals surface area contributed by atoms with Crippen LogP contribution in [0.25, 0.3) is 0 Å². The van der Waals surface area contributed by atoms with Crippen LogP contribution in [0.5, 0.6) is 0 Å². The SMILES string of the molecule is CCOC(=O)NS(=O)(=O)NCC1CCNCC1. The maximum absolute atomic E-state index is 11.4. The topological polar surface area (TPSA) is 96.5 Å². The van der Waals surface area contributed by atoms with Gasteiger partial charge in [0.2, 0.25) is 0 Å². The third kappa shape index (κ3) is 5.85. The maximum atomic E-state index is 11.4. The summed E-state index contributed by atoms with van der Waals surface area (Å²) < 4.78 is 31.5. The number of ether oxygens (including phenoxy) is 1. The molecule has 0 unspecified atom stereocenters. The summed E-state index contributed by atoms with van der Waals surface area (Å²) in [6.07, 6.45) is 0.912. The Labute approximate surface area is 101 Å². The van der Waals surface area contributed by atoms with Crippen molar-refractivity contribution in [1.82, 2.24) is 14.8 Å². The van der Waals surface area contributed by atoms with Crippen molar-refractivity contribution in [2.45, 2.75) is 19.8 Å². The summed E-state index contributed by atoms with van der Waals surface area (Å²) in [6, 6.07) is 0. The largest absolute Gasteiger partial charge is 0.449 e.